The number of nitrogens with one attached hydrogen (secondary N) is 1. The minimum Gasteiger partial charge on any atom is -0.378 e. The molecule has 0 aliphatic carbocycles. The predicted octanol–water partition coefficient (Wildman–Crippen LogP) is 3.86. The van der Waals surface area contributed by atoms with E-state index in [2.05, 4.69) is 49.8 Å². The molecule has 0 saturated carbocycles. The Labute approximate surface area is 121 Å². The Morgan fingerprint density at radius 2 is 2.26 bits per heavy atom. The fourth-order valence-electron chi connectivity index (χ4n) is 2.74. The van der Waals surface area contributed by atoms with Gasteiger partial charge in [0.1, 0.15) is 0 Å². The maximum atomic E-state index is 5.87. The lowest BCUT2D eigenvalue weighted by Crippen LogP contribution is -2.46. The van der Waals surface area contributed by atoms with Crippen LogP contribution in [-0.4, -0.2) is 24.8 Å². The van der Waals surface area contributed by atoms with E-state index in [1.54, 1.807) is 11.3 Å². The van der Waals surface area contributed by atoms with E-state index < -0.39 is 0 Å². The molecule has 2 atom stereocenters. The maximum Gasteiger partial charge on any atom is 0.0616 e. The van der Waals surface area contributed by atoms with Gasteiger partial charge in [0.15, 0.2) is 0 Å². The van der Waals surface area contributed by atoms with E-state index in [1.807, 2.05) is 0 Å². The molecule has 2 nitrogen and oxygen atoms in total. The van der Waals surface area contributed by atoms with E-state index in [1.165, 1.54) is 24.8 Å². The van der Waals surface area contributed by atoms with Gasteiger partial charge in [0.25, 0.3) is 0 Å². The zero-order valence-corrected chi connectivity index (χ0v) is 13.5. The van der Waals surface area contributed by atoms with Crippen molar-refractivity contribution < 1.29 is 4.74 Å². The Morgan fingerprint density at radius 1 is 1.47 bits per heavy atom. The molecule has 1 fully saturated rings. The second-order valence-electron chi connectivity index (χ2n) is 6.86. The number of hydrogen-bond acceptors (Lipinski definition) is 3. The van der Waals surface area contributed by atoms with Gasteiger partial charge in [0.05, 0.1) is 6.10 Å². The Kier molecular flexibility index (Phi) is 4.70. The van der Waals surface area contributed by atoms with Gasteiger partial charge in [-0.1, -0.05) is 0 Å². The second-order valence-corrected chi connectivity index (χ2v) is 7.64. The van der Waals surface area contributed by atoms with Crippen molar-refractivity contribution in [1.29, 1.82) is 0 Å². The van der Waals surface area contributed by atoms with E-state index in [0.717, 1.165) is 13.2 Å². The van der Waals surface area contributed by atoms with Gasteiger partial charge in [0, 0.05) is 24.1 Å². The highest BCUT2D eigenvalue weighted by molar-refractivity contribution is 7.07. The third-order valence-electron chi connectivity index (χ3n) is 4.29. The SMILES string of the molecule is CC1OCCC1(CCc1ccsc1)CNC(C)(C)C. The van der Waals surface area contributed by atoms with Gasteiger partial charge in [-0.2, -0.15) is 11.3 Å². The van der Waals surface area contributed by atoms with Gasteiger partial charge in [-0.15, -0.1) is 0 Å². The summed E-state index contributed by atoms with van der Waals surface area (Å²) in [5, 5.41) is 8.13. The van der Waals surface area contributed by atoms with Crippen LogP contribution < -0.4 is 5.32 Å². The van der Waals surface area contributed by atoms with Gasteiger partial charge in [-0.3, -0.25) is 0 Å². The molecule has 0 radical (unpaired) electrons. The molecule has 2 rings (SSSR count). The normalized spacial score (nSPS) is 27.9. The number of aryl methyl sites for hydroxylation is 1. The number of hydrogen-bond donors (Lipinski definition) is 1. The predicted molar refractivity (Wildman–Crippen MR) is 82.9 cm³/mol. The molecule has 2 unspecified atom stereocenters. The molecule has 1 aliphatic rings. The topological polar surface area (TPSA) is 21.3 Å². The summed E-state index contributed by atoms with van der Waals surface area (Å²) in [6.07, 6.45) is 3.93. The fraction of sp³-hybridized carbons (Fsp3) is 0.750. The van der Waals surface area contributed by atoms with E-state index in [9.17, 15) is 0 Å². The summed E-state index contributed by atoms with van der Waals surface area (Å²) in [6, 6.07) is 2.25. The average Bonchev–Trinajstić information content (AvgIpc) is 2.94. The largest absolute Gasteiger partial charge is 0.378 e. The monoisotopic (exact) mass is 281 g/mol. The molecule has 0 spiro atoms. The van der Waals surface area contributed by atoms with E-state index >= 15 is 0 Å². The number of thiophene rings is 1. The molecule has 1 aromatic heterocycles. The van der Waals surface area contributed by atoms with Crippen molar-refractivity contribution in [2.24, 2.45) is 5.41 Å². The first-order chi connectivity index (χ1) is 8.91. The van der Waals surface area contributed by atoms with Crippen molar-refractivity contribution in [3.05, 3.63) is 22.4 Å². The van der Waals surface area contributed by atoms with Crippen LogP contribution in [-0.2, 0) is 11.2 Å². The molecular formula is C16H27NOS. The van der Waals surface area contributed by atoms with E-state index in [-0.39, 0.29) is 5.54 Å². The zero-order chi connectivity index (χ0) is 13.9. The summed E-state index contributed by atoms with van der Waals surface area (Å²) in [5.74, 6) is 0. The average molecular weight is 281 g/mol. The minimum absolute atomic E-state index is 0.178. The van der Waals surface area contributed by atoms with E-state index in [0.29, 0.717) is 11.5 Å². The summed E-state index contributed by atoms with van der Waals surface area (Å²) in [6.45, 7) is 10.9. The number of ether oxygens (including phenoxy) is 1. The molecule has 108 valence electrons. The Morgan fingerprint density at radius 3 is 2.79 bits per heavy atom. The Hall–Kier alpha value is -0.380. The lowest BCUT2D eigenvalue weighted by atomic mass is 9.76. The molecule has 19 heavy (non-hydrogen) atoms. The van der Waals surface area contributed by atoms with Crippen LogP contribution in [0.1, 0.15) is 46.1 Å². The van der Waals surface area contributed by atoms with E-state index in [4.69, 9.17) is 4.74 Å². The highest BCUT2D eigenvalue weighted by Gasteiger charge is 2.41. The summed E-state index contributed by atoms with van der Waals surface area (Å²) in [7, 11) is 0. The van der Waals surface area contributed by atoms with Crippen molar-refractivity contribution in [3.63, 3.8) is 0 Å². The van der Waals surface area contributed by atoms with Crippen molar-refractivity contribution in [2.75, 3.05) is 13.2 Å². The molecule has 2 heterocycles. The smallest absolute Gasteiger partial charge is 0.0616 e. The van der Waals surface area contributed by atoms with Crippen LogP contribution in [0.25, 0.3) is 0 Å². The molecule has 0 bridgehead atoms. The first kappa shape index (κ1) is 15.0. The summed E-state index contributed by atoms with van der Waals surface area (Å²) >= 11 is 1.79. The fourth-order valence-corrected chi connectivity index (χ4v) is 3.44. The van der Waals surface area contributed by atoms with Gasteiger partial charge in [-0.05, 0) is 69.3 Å². The summed E-state index contributed by atoms with van der Waals surface area (Å²) < 4.78 is 5.87. The highest BCUT2D eigenvalue weighted by Crippen LogP contribution is 2.39. The summed E-state index contributed by atoms with van der Waals surface area (Å²) in [4.78, 5) is 0. The second kappa shape index (κ2) is 5.94. The highest BCUT2D eigenvalue weighted by atomic mass is 32.1. The lowest BCUT2D eigenvalue weighted by Gasteiger charge is -2.36. The van der Waals surface area contributed by atoms with Gasteiger partial charge in [-0.25, -0.2) is 0 Å². The molecule has 0 amide bonds. The lowest BCUT2D eigenvalue weighted by molar-refractivity contribution is 0.0553. The molecule has 3 heteroatoms. The molecular weight excluding hydrogens is 254 g/mol. The molecule has 1 aromatic rings. The maximum absolute atomic E-state index is 5.87. The van der Waals surface area contributed by atoms with Crippen LogP contribution in [0.15, 0.2) is 16.8 Å². The van der Waals surface area contributed by atoms with Crippen LogP contribution >= 0.6 is 11.3 Å². The molecule has 1 N–H and O–H groups in total. The van der Waals surface area contributed by atoms with Crippen molar-refractivity contribution in [3.8, 4) is 0 Å². The van der Waals surface area contributed by atoms with Crippen LogP contribution in [0, 0.1) is 5.41 Å². The Bertz CT molecular complexity index is 382. The molecule has 1 saturated heterocycles. The van der Waals surface area contributed by atoms with Gasteiger partial charge < -0.3 is 10.1 Å². The first-order valence-electron chi connectivity index (χ1n) is 7.29. The zero-order valence-electron chi connectivity index (χ0n) is 12.7. The van der Waals surface area contributed by atoms with Crippen molar-refractivity contribution in [1.82, 2.24) is 5.32 Å². The summed E-state index contributed by atoms with van der Waals surface area (Å²) in [5.41, 5.74) is 1.95. The first-order valence-corrected chi connectivity index (χ1v) is 8.23. The van der Waals surface area contributed by atoms with Crippen LogP contribution in [0.2, 0.25) is 0 Å². The quantitative estimate of drug-likeness (QED) is 0.885. The number of rotatable bonds is 5. The van der Waals surface area contributed by atoms with Gasteiger partial charge >= 0.3 is 0 Å². The third kappa shape index (κ3) is 4.04. The third-order valence-corrected chi connectivity index (χ3v) is 5.02. The van der Waals surface area contributed by atoms with Crippen molar-refractivity contribution >= 4 is 11.3 Å². The van der Waals surface area contributed by atoms with Crippen LogP contribution in [0.3, 0.4) is 0 Å². The van der Waals surface area contributed by atoms with Gasteiger partial charge in [0.2, 0.25) is 0 Å². The molecule has 0 aromatic carbocycles. The Balaban J connectivity index is 1.98. The van der Waals surface area contributed by atoms with Crippen LogP contribution in [0.5, 0.6) is 0 Å². The standard InChI is InChI=1S/C16H27NOS/c1-13-16(8-9-18-13,12-17-15(2,3)4)7-5-14-6-10-19-11-14/h6,10-11,13,17H,5,7-9,12H2,1-4H3. The van der Waals surface area contributed by atoms with Crippen LogP contribution in [0.4, 0.5) is 0 Å². The molecule has 1 aliphatic heterocycles. The van der Waals surface area contributed by atoms with Crippen molar-refractivity contribution in [2.45, 2.75) is 58.6 Å². The minimum atomic E-state index is 0.178.